The molecule has 0 fully saturated rings. The van der Waals surface area contributed by atoms with Crippen LogP contribution in [0.2, 0.25) is 0 Å². The summed E-state index contributed by atoms with van der Waals surface area (Å²) in [6, 6.07) is 13.3. The largest absolute Gasteiger partial charge is 0.487 e. The summed E-state index contributed by atoms with van der Waals surface area (Å²) in [7, 11) is 0. The second-order valence-electron chi connectivity index (χ2n) is 4.91. The number of carbonyl (C=O) groups is 1. The molecule has 124 valence electrons. The van der Waals surface area contributed by atoms with E-state index in [9.17, 15) is 14.9 Å². The first-order valence-electron chi connectivity index (χ1n) is 7.47. The van der Waals surface area contributed by atoms with E-state index >= 15 is 0 Å². The molecule has 2 aromatic rings. The number of hydrogen-bond donors (Lipinski definition) is 0. The predicted molar refractivity (Wildman–Crippen MR) is 92.6 cm³/mol. The lowest BCUT2D eigenvalue weighted by Gasteiger charge is -2.21. The lowest BCUT2D eigenvalue weighted by atomic mass is 10.1. The van der Waals surface area contributed by atoms with Crippen LogP contribution in [0.3, 0.4) is 0 Å². The summed E-state index contributed by atoms with van der Waals surface area (Å²) in [6.45, 7) is 6.01. The Morgan fingerprint density at radius 3 is 2.58 bits per heavy atom. The maximum atomic E-state index is 12.8. The van der Waals surface area contributed by atoms with Crippen LogP contribution in [-0.4, -0.2) is 24.0 Å². The Morgan fingerprint density at radius 1 is 1.29 bits per heavy atom. The summed E-state index contributed by atoms with van der Waals surface area (Å²) >= 11 is 0. The zero-order valence-electron chi connectivity index (χ0n) is 13.3. The number of anilines is 1. The van der Waals surface area contributed by atoms with Crippen LogP contribution in [0.5, 0.6) is 5.75 Å². The quantitative estimate of drug-likeness (QED) is 0.440. The molecule has 0 aromatic heterocycles. The van der Waals surface area contributed by atoms with Crippen molar-refractivity contribution in [1.82, 2.24) is 0 Å². The first-order chi connectivity index (χ1) is 11.6. The highest BCUT2D eigenvalue weighted by molar-refractivity contribution is 6.06. The van der Waals surface area contributed by atoms with Crippen LogP contribution in [0.15, 0.2) is 61.2 Å². The molecule has 0 atom stereocenters. The fourth-order valence-electron chi connectivity index (χ4n) is 2.27. The van der Waals surface area contributed by atoms with E-state index < -0.39 is 4.92 Å². The smallest absolute Gasteiger partial charge is 0.311 e. The van der Waals surface area contributed by atoms with Gasteiger partial charge in [-0.1, -0.05) is 24.3 Å². The van der Waals surface area contributed by atoms with E-state index in [0.29, 0.717) is 18.8 Å². The van der Waals surface area contributed by atoms with E-state index in [1.165, 1.54) is 23.1 Å². The molecule has 0 unspecified atom stereocenters. The molecule has 0 aliphatic rings. The highest BCUT2D eigenvalue weighted by Crippen LogP contribution is 2.29. The van der Waals surface area contributed by atoms with Gasteiger partial charge < -0.3 is 9.64 Å². The minimum atomic E-state index is -0.553. The van der Waals surface area contributed by atoms with Crippen molar-refractivity contribution in [3.05, 3.63) is 76.9 Å². The minimum Gasteiger partial charge on any atom is -0.487 e. The number of para-hydroxylation sites is 1. The first kappa shape index (κ1) is 17.2. The molecule has 0 heterocycles. The minimum absolute atomic E-state index is 0.147. The van der Waals surface area contributed by atoms with Crippen LogP contribution in [0.1, 0.15) is 17.3 Å². The first-order valence-corrected chi connectivity index (χ1v) is 7.47. The maximum Gasteiger partial charge on any atom is 0.311 e. The SMILES string of the molecule is C=CCN(C(=O)c1ccc(OCC)c([N+](=O)[O-])c1)c1ccccc1. The molecule has 0 radical (unpaired) electrons. The highest BCUT2D eigenvalue weighted by atomic mass is 16.6. The molecule has 0 N–H and O–H groups in total. The lowest BCUT2D eigenvalue weighted by Crippen LogP contribution is -2.31. The summed E-state index contributed by atoms with van der Waals surface area (Å²) in [6.07, 6.45) is 1.61. The normalized spacial score (nSPS) is 10.0. The van der Waals surface area contributed by atoms with Gasteiger partial charge in [-0.3, -0.25) is 14.9 Å². The molecular formula is C18H18N2O4. The van der Waals surface area contributed by atoms with Crippen LogP contribution < -0.4 is 9.64 Å². The monoisotopic (exact) mass is 326 g/mol. The molecule has 2 rings (SSSR count). The van der Waals surface area contributed by atoms with Crippen molar-refractivity contribution in [3.63, 3.8) is 0 Å². The van der Waals surface area contributed by atoms with Gasteiger partial charge >= 0.3 is 5.69 Å². The summed E-state index contributed by atoms with van der Waals surface area (Å²) in [5.74, 6) is -0.193. The molecular weight excluding hydrogens is 308 g/mol. The number of benzene rings is 2. The fraction of sp³-hybridized carbons (Fsp3) is 0.167. The molecule has 0 aliphatic heterocycles. The average Bonchev–Trinajstić information content (AvgIpc) is 2.60. The van der Waals surface area contributed by atoms with Crippen molar-refractivity contribution in [2.24, 2.45) is 0 Å². The Labute approximate surface area is 140 Å². The number of amides is 1. The number of nitro groups is 1. The third-order valence-corrected chi connectivity index (χ3v) is 3.33. The molecule has 6 nitrogen and oxygen atoms in total. The van der Waals surface area contributed by atoms with Crippen LogP contribution in [0, 0.1) is 10.1 Å². The lowest BCUT2D eigenvalue weighted by molar-refractivity contribution is -0.385. The van der Waals surface area contributed by atoms with Crippen LogP contribution >= 0.6 is 0 Å². The Balaban J connectivity index is 2.41. The number of nitro benzene ring substituents is 1. The number of nitrogens with zero attached hydrogens (tertiary/aromatic N) is 2. The van der Waals surface area contributed by atoms with Gasteiger partial charge in [0.15, 0.2) is 5.75 Å². The zero-order valence-corrected chi connectivity index (χ0v) is 13.3. The average molecular weight is 326 g/mol. The van der Waals surface area contributed by atoms with Crippen LogP contribution in [0.25, 0.3) is 0 Å². The Morgan fingerprint density at radius 2 is 2.00 bits per heavy atom. The van der Waals surface area contributed by atoms with Gasteiger partial charge in [0.1, 0.15) is 0 Å². The predicted octanol–water partition coefficient (Wildman–Crippen LogP) is 3.83. The number of rotatable bonds is 7. The Kier molecular flexibility index (Phi) is 5.68. The summed E-state index contributed by atoms with van der Waals surface area (Å²) in [5.41, 5.74) is 0.684. The van der Waals surface area contributed by atoms with Crippen molar-refractivity contribution in [3.8, 4) is 5.75 Å². The van der Waals surface area contributed by atoms with E-state index in [-0.39, 0.29) is 22.9 Å². The molecule has 0 bridgehead atoms. The number of ether oxygens (including phenoxy) is 1. The Hall–Kier alpha value is -3.15. The van der Waals surface area contributed by atoms with E-state index in [0.717, 1.165) is 0 Å². The molecule has 6 heteroatoms. The van der Waals surface area contributed by atoms with E-state index in [1.54, 1.807) is 25.1 Å². The third kappa shape index (κ3) is 3.78. The van der Waals surface area contributed by atoms with Crippen LogP contribution in [0.4, 0.5) is 11.4 Å². The number of carbonyl (C=O) groups excluding carboxylic acids is 1. The standard InChI is InChI=1S/C18H18N2O4/c1-3-12-19(15-8-6-5-7-9-15)18(21)14-10-11-17(24-4-2)16(13-14)20(22)23/h3,5-11,13H,1,4,12H2,2H3. The van der Waals surface area contributed by atoms with Crippen molar-refractivity contribution in [1.29, 1.82) is 0 Å². The van der Waals surface area contributed by atoms with E-state index in [1.807, 2.05) is 18.2 Å². The second kappa shape index (κ2) is 7.92. The second-order valence-corrected chi connectivity index (χ2v) is 4.91. The molecule has 0 saturated heterocycles. The van der Waals surface area contributed by atoms with Gasteiger partial charge in [0, 0.05) is 23.9 Å². The topological polar surface area (TPSA) is 72.7 Å². The van der Waals surface area contributed by atoms with Crippen molar-refractivity contribution in [2.75, 3.05) is 18.1 Å². The van der Waals surface area contributed by atoms with Crippen LogP contribution in [-0.2, 0) is 0 Å². The molecule has 24 heavy (non-hydrogen) atoms. The van der Waals surface area contributed by atoms with Gasteiger partial charge in [-0.2, -0.15) is 0 Å². The molecule has 1 amide bonds. The molecule has 0 aliphatic carbocycles. The molecule has 0 spiro atoms. The fourth-order valence-corrected chi connectivity index (χ4v) is 2.27. The van der Waals surface area contributed by atoms with Gasteiger partial charge in [0.2, 0.25) is 0 Å². The van der Waals surface area contributed by atoms with Crippen molar-refractivity contribution >= 4 is 17.3 Å². The molecule has 0 saturated carbocycles. The third-order valence-electron chi connectivity index (χ3n) is 3.33. The summed E-state index contributed by atoms with van der Waals surface area (Å²) in [5, 5.41) is 11.2. The van der Waals surface area contributed by atoms with Gasteiger partial charge in [0.25, 0.3) is 5.91 Å². The van der Waals surface area contributed by atoms with Gasteiger partial charge in [0.05, 0.1) is 11.5 Å². The zero-order chi connectivity index (χ0) is 17.5. The number of hydrogen-bond acceptors (Lipinski definition) is 4. The Bertz CT molecular complexity index is 744. The summed E-state index contributed by atoms with van der Waals surface area (Å²) in [4.78, 5) is 25.0. The van der Waals surface area contributed by atoms with Gasteiger partial charge in [-0.15, -0.1) is 6.58 Å². The molecule has 2 aromatic carbocycles. The van der Waals surface area contributed by atoms with Crippen molar-refractivity contribution < 1.29 is 14.5 Å². The van der Waals surface area contributed by atoms with E-state index in [4.69, 9.17) is 4.74 Å². The summed E-state index contributed by atoms with van der Waals surface area (Å²) < 4.78 is 5.24. The highest BCUT2D eigenvalue weighted by Gasteiger charge is 2.22. The van der Waals surface area contributed by atoms with Crippen molar-refractivity contribution in [2.45, 2.75) is 6.92 Å². The van der Waals surface area contributed by atoms with Gasteiger partial charge in [-0.25, -0.2) is 0 Å². The van der Waals surface area contributed by atoms with E-state index in [2.05, 4.69) is 6.58 Å². The maximum absolute atomic E-state index is 12.8. The van der Waals surface area contributed by atoms with Gasteiger partial charge in [-0.05, 0) is 31.2 Å².